The Labute approximate surface area is 109 Å². The fourth-order valence-corrected chi connectivity index (χ4v) is 1.54. The van der Waals surface area contributed by atoms with Gasteiger partial charge in [-0.05, 0) is 13.8 Å². The average molecular weight is 305 g/mol. The van der Waals surface area contributed by atoms with E-state index in [1.807, 2.05) is 13.8 Å². The summed E-state index contributed by atoms with van der Waals surface area (Å²) in [7, 11) is 3.30. The molecule has 0 unspecified atom stereocenters. The number of ether oxygens (including phenoxy) is 1. The summed E-state index contributed by atoms with van der Waals surface area (Å²) in [5.41, 5.74) is 0.0193. The van der Waals surface area contributed by atoms with Crippen LogP contribution in [-0.2, 0) is 11.3 Å². The van der Waals surface area contributed by atoms with Crippen molar-refractivity contribution in [2.24, 2.45) is 0 Å². The van der Waals surface area contributed by atoms with Gasteiger partial charge in [-0.25, -0.2) is 0 Å². The Morgan fingerprint density at radius 2 is 2.29 bits per heavy atom. The summed E-state index contributed by atoms with van der Waals surface area (Å²) in [5.74, 6) is 0.376. The molecule has 0 fully saturated rings. The lowest BCUT2D eigenvalue weighted by Gasteiger charge is -2.33. The Balaban J connectivity index is 2.81. The van der Waals surface area contributed by atoms with E-state index >= 15 is 0 Å². The number of halogens is 1. The Hall–Kier alpha value is -0.880. The van der Waals surface area contributed by atoms with E-state index in [1.54, 1.807) is 25.1 Å². The molecule has 0 bridgehead atoms. The van der Waals surface area contributed by atoms with Crippen LogP contribution in [0.4, 0.5) is 0 Å². The number of rotatable bonds is 5. The van der Waals surface area contributed by atoms with Crippen molar-refractivity contribution in [3.05, 3.63) is 17.5 Å². The van der Waals surface area contributed by atoms with E-state index in [0.29, 0.717) is 23.4 Å². The molecular formula is C11H17BrN2O3. The number of carbonyl (C=O) groups excluding carboxylic acids is 1. The molecule has 6 heteroatoms. The first-order valence-electron chi connectivity index (χ1n) is 5.21. The second kappa shape index (κ2) is 5.64. The van der Waals surface area contributed by atoms with Crippen molar-refractivity contribution in [2.75, 3.05) is 19.5 Å². The molecule has 0 radical (unpaired) electrons. The van der Waals surface area contributed by atoms with Gasteiger partial charge in [0.05, 0.1) is 0 Å². The summed E-state index contributed by atoms with van der Waals surface area (Å²) < 4.78 is 9.89. The summed E-state index contributed by atoms with van der Waals surface area (Å²) in [6.07, 6.45) is 0. The van der Waals surface area contributed by atoms with Crippen LogP contribution in [-0.4, -0.2) is 41.0 Å². The van der Waals surface area contributed by atoms with Crippen LogP contribution in [0.5, 0.6) is 0 Å². The normalized spacial score (nSPS) is 11.6. The Morgan fingerprint density at radius 3 is 2.82 bits per heavy atom. The standard InChI is InChI=1S/C11H17BrN2O3/c1-11(2,7-12)14(3)10(15)9-5-8(6-16-4)17-13-9/h5H,6-7H2,1-4H3. The third kappa shape index (κ3) is 3.29. The molecule has 17 heavy (non-hydrogen) atoms. The van der Waals surface area contributed by atoms with Crippen molar-refractivity contribution >= 4 is 21.8 Å². The number of nitrogens with zero attached hydrogens (tertiary/aromatic N) is 2. The number of alkyl halides is 1. The molecule has 1 heterocycles. The van der Waals surface area contributed by atoms with Gasteiger partial charge in [0, 0.05) is 31.1 Å². The highest BCUT2D eigenvalue weighted by Crippen LogP contribution is 2.18. The molecule has 0 aliphatic heterocycles. The van der Waals surface area contributed by atoms with Gasteiger partial charge < -0.3 is 14.2 Å². The van der Waals surface area contributed by atoms with Gasteiger partial charge in [-0.3, -0.25) is 4.79 Å². The molecule has 1 amide bonds. The first-order chi connectivity index (χ1) is 7.92. The SMILES string of the molecule is COCc1cc(C(=O)N(C)C(C)(C)CBr)no1. The van der Waals surface area contributed by atoms with E-state index in [4.69, 9.17) is 9.26 Å². The minimum atomic E-state index is -0.280. The Morgan fingerprint density at radius 1 is 1.65 bits per heavy atom. The van der Waals surface area contributed by atoms with Crippen molar-refractivity contribution < 1.29 is 14.1 Å². The fourth-order valence-electron chi connectivity index (χ4n) is 1.16. The highest BCUT2D eigenvalue weighted by atomic mass is 79.9. The largest absolute Gasteiger partial charge is 0.377 e. The number of aromatic nitrogens is 1. The van der Waals surface area contributed by atoms with E-state index in [1.165, 1.54) is 0 Å². The van der Waals surface area contributed by atoms with Crippen LogP contribution in [0.2, 0.25) is 0 Å². The van der Waals surface area contributed by atoms with Gasteiger partial charge in [-0.15, -0.1) is 0 Å². The van der Waals surface area contributed by atoms with Gasteiger partial charge in [0.15, 0.2) is 11.5 Å². The Bertz CT molecular complexity index is 390. The zero-order valence-electron chi connectivity index (χ0n) is 10.5. The van der Waals surface area contributed by atoms with Crippen LogP contribution in [0.3, 0.4) is 0 Å². The van der Waals surface area contributed by atoms with Gasteiger partial charge in [-0.1, -0.05) is 21.1 Å². The zero-order valence-corrected chi connectivity index (χ0v) is 12.1. The van der Waals surface area contributed by atoms with Crippen LogP contribution >= 0.6 is 15.9 Å². The van der Waals surface area contributed by atoms with Crippen molar-refractivity contribution in [3.8, 4) is 0 Å². The first kappa shape index (κ1) is 14.2. The van der Waals surface area contributed by atoms with Crippen LogP contribution in [0.15, 0.2) is 10.6 Å². The van der Waals surface area contributed by atoms with Crippen LogP contribution < -0.4 is 0 Å². The lowest BCUT2D eigenvalue weighted by molar-refractivity contribution is 0.0652. The van der Waals surface area contributed by atoms with Crippen molar-refractivity contribution in [1.82, 2.24) is 10.1 Å². The number of hydrogen-bond acceptors (Lipinski definition) is 4. The average Bonchev–Trinajstić information content (AvgIpc) is 2.76. The van der Waals surface area contributed by atoms with Gasteiger partial charge in [0.25, 0.3) is 5.91 Å². The molecule has 0 atom stereocenters. The maximum Gasteiger partial charge on any atom is 0.276 e. The van der Waals surface area contributed by atoms with Crippen molar-refractivity contribution in [2.45, 2.75) is 26.0 Å². The van der Waals surface area contributed by atoms with E-state index in [-0.39, 0.29) is 11.4 Å². The monoisotopic (exact) mass is 304 g/mol. The predicted octanol–water partition coefficient (Wildman–Crippen LogP) is 2.07. The lowest BCUT2D eigenvalue weighted by atomic mass is 10.1. The molecule has 5 nitrogen and oxygen atoms in total. The quantitative estimate of drug-likeness (QED) is 0.782. The summed E-state index contributed by atoms with van der Waals surface area (Å²) in [6, 6.07) is 1.60. The van der Waals surface area contributed by atoms with Crippen molar-refractivity contribution in [3.63, 3.8) is 0 Å². The van der Waals surface area contributed by atoms with E-state index in [9.17, 15) is 4.79 Å². The second-order valence-corrected chi connectivity index (χ2v) is 4.98. The van der Waals surface area contributed by atoms with Gasteiger partial charge >= 0.3 is 0 Å². The van der Waals surface area contributed by atoms with Crippen LogP contribution in [0.1, 0.15) is 30.1 Å². The summed E-state index contributed by atoms with van der Waals surface area (Å²) >= 11 is 3.38. The minimum absolute atomic E-state index is 0.166. The third-order valence-electron chi connectivity index (χ3n) is 2.60. The summed E-state index contributed by atoms with van der Waals surface area (Å²) in [4.78, 5) is 13.7. The maximum atomic E-state index is 12.1. The van der Waals surface area contributed by atoms with Crippen LogP contribution in [0, 0.1) is 0 Å². The molecule has 0 aliphatic rings. The topological polar surface area (TPSA) is 55.6 Å². The number of carbonyl (C=O) groups is 1. The van der Waals surface area contributed by atoms with E-state index in [2.05, 4.69) is 21.1 Å². The molecule has 0 saturated heterocycles. The molecule has 0 saturated carbocycles. The molecule has 0 aliphatic carbocycles. The highest BCUT2D eigenvalue weighted by Gasteiger charge is 2.28. The fraction of sp³-hybridized carbons (Fsp3) is 0.636. The minimum Gasteiger partial charge on any atom is -0.377 e. The third-order valence-corrected chi connectivity index (χ3v) is 3.98. The number of amides is 1. The second-order valence-electron chi connectivity index (χ2n) is 4.42. The highest BCUT2D eigenvalue weighted by molar-refractivity contribution is 9.09. The molecule has 0 spiro atoms. The summed E-state index contributed by atoms with van der Waals surface area (Å²) in [5, 5.41) is 4.43. The zero-order chi connectivity index (χ0) is 13.1. The molecule has 0 aromatic carbocycles. The maximum absolute atomic E-state index is 12.1. The summed E-state index contributed by atoms with van der Waals surface area (Å²) in [6.45, 7) is 4.25. The smallest absolute Gasteiger partial charge is 0.276 e. The molecule has 1 aromatic heterocycles. The van der Waals surface area contributed by atoms with Crippen molar-refractivity contribution in [1.29, 1.82) is 0 Å². The van der Waals surface area contributed by atoms with Gasteiger partial charge in [0.1, 0.15) is 6.61 Å². The number of methoxy groups -OCH3 is 1. The first-order valence-corrected chi connectivity index (χ1v) is 6.33. The Kier molecular flexibility index (Phi) is 4.70. The molecule has 0 N–H and O–H groups in total. The predicted molar refractivity (Wildman–Crippen MR) is 67.2 cm³/mol. The molecule has 1 aromatic rings. The molecular weight excluding hydrogens is 288 g/mol. The van der Waals surface area contributed by atoms with E-state index in [0.717, 1.165) is 0 Å². The van der Waals surface area contributed by atoms with Crippen LogP contribution in [0.25, 0.3) is 0 Å². The van der Waals surface area contributed by atoms with Gasteiger partial charge in [0.2, 0.25) is 0 Å². The van der Waals surface area contributed by atoms with Gasteiger partial charge in [-0.2, -0.15) is 0 Å². The molecule has 1 rings (SSSR count). The number of hydrogen-bond donors (Lipinski definition) is 0. The lowest BCUT2D eigenvalue weighted by Crippen LogP contribution is -2.46. The van der Waals surface area contributed by atoms with E-state index < -0.39 is 0 Å². The molecule has 96 valence electrons.